The number of rotatable bonds is 2. The molecule has 0 nitrogen and oxygen atoms in total. The summed E-state index contributed by atoms with van der Waals surface area (Å²) in [5.41, 5.74) is 5.12. The topological polar surface area (TPSA) is 0 Å². The van der Waals surface area contributed by atoms with Crippen molar-refractivity contribution in [2.24, 2.45) is 5.41 Å². The highest BCUT2D eigenvalue weighted by atomic mass is 14.2. The zero-order valence-electron chi connectivity index (χ0n) is 12.6. The Kier molecular flexibility index (Phi) is 3.62. The highest BCUT2D eigenvalue weighted by Crippen LogP contribution is 2.34. The fourth-order valence-corrected chi connectivity index (χ4v) is 2.74. The van der Waals surface area contributed by atoms with E-state index in [-0.39, 0.29) is 5.41 Å². The van der Waals surface area contributed by atoms with Crippen molar-refractivity contribution >= 4 is 11.1 Å². The van der Waals surface area contributed by atoms with Crippen molar-refractivity contribution in [1.82, 2.24) is 0 Å². The molecule has 0 radical (unpaired) electrons. The van der Waals surface area contributed by atoms with E-state index in [4.69, 9.17) is 0 Å². The van der Waals surface area contributed by atoms with Crippen LogP contribution in [0.1, 0.15) is 25.0 Å². The molecule has 21 heavy (non-hydrogen) atoms. The van der Waals surface area contributed by atoms with Gasteiger partial charge in [0, 0.05) is 5.41 Å². The Hall–Kier alpha value is -2.34. The van der Waals surface area contributed by atoms with E-state index in [1.165, 1.54) is 22.3 Å². The van der Waals surface area contributed by atoms with Gasteiger partial charge >= 0.3 is 0 Å². The molecule has 0 amide bonds. The van der Waals surface area contributed by atoms with E-state index in [2.05, 4.69) is 98.8 Å². The second-order valence-electron chi connectivity index (χ2n) is 6.09. The quantitative estimate of drug-likeness (QED) is 0.653. The maximum atomic E-state index is 2.34. The number of allylic oxidation sites excluding steroid dienone is 6. The molecule has 0 aliphatic heterocycles. The summed E-state index contributed by atoms with van der Waals surface area (Å²) in [6, 6.07) is 21.1. The monoisotopic (exact) mass is 272 g/mol. The van der Waals surface area contributed by atoms with Crippen LogP contribution < -0.4 is 0 Å². The van der Waals surface area contributed by atoms with Gasteiger partial charge in [0.1, 0.15) is 0 Å². The van der Waals surface area contributed by atoms with Gasteiger partial charge in [-0.2, -0.15) is 0 Å². The van der Waals surface area contributed by atoms with Crippen LogP contribution >= 0.6 is 0 Å². The van der Waals surface area contributed by atoms with E-state index >= 15 is 0 Å². The molecule has 0 heterocycles. The summed E-state index contributed by atoms with van der Waals surface area (Å²) in [6.45, 7) is 4.51. The molecule has 1 aliphatic rings. The summed E-state index contributed by atoms with van der Waals surface area (Å²) in [7, 11) is 0. The molecule has 104 valence electrons. The van der Waals surface area contributed by atoms with Crippen LogP contribution in [-0.4, -0.2) is 0 Å². The van der Waals surface area contributed by atoms with Crippen LogP contribution in [0.2, 0.25) is 0 Å². The molecule has 0 saturated carbocycles. The van der Waals surface area contributed by atoms with Gasteiger partial charge in [-0.3, -0.25) is 0 Å². The predicted octanol–water partition coefficient (Wildman–Crippen LogP) is 5.75. The average Bonchev–Trinajstić information content (AvgIpc) is 2.67. The number of benzene rings is 2. The van der Waals surface area contributed by atoms with Crippen LogP contribution in [0.3, 0.4) is 0 Å². The van der Waals surface area contributed by atoms with Gasteiger partial charge < -0.3 is 0 Å². The van der Waals surface area contributed by atoms with Gasteiger partial charge in [0.05, 0.1) is 0 Å². The molecule has 0 N–H and O–H groups in total. The molecule has 0 spiro atoms. The lowest BCUT2D eigenvalue weighted by atomic mass is 9.87. The van der Waals surface area contributed by atoms with Crippen LogP contribution in [0.15, 0.2) is 85.0 Å². The van der Waals surface area contributed by atoms with E-state index < -0.39 is 0 Å². The maximum Gasteiger partial charge on any atom is 0.00228 e. The van der Waals surface area contributed by atoms with Crippen LogP contribution in [0.5, 0.6) is 0 Å². The molecule has 3 rings (SSSR count). The Morgan fingerprint density at radius 2 is 0.952 bits per heavy atom. The van der Waals surface area contributed by atoms with Crippen LogP contribution in [0, 0.1) is 5.41 Å². The summed E-state index contributed by atoms with van der Waals surface area (Å²) >= 11 is 0. The summed E-state index contributed by atoms with van der Waals surface area (Å²) in [5.74, 6) is 0. The molecule has 0 atom stereocenters. The molecule has 2 aromatic rings. The fourth-order valence-electron chi connectivity index (χ4n) is 2.74. The van der Waals surface area contributed by atoms with Crippen molar-refractivity contribution in [1.29, 1.82) is 0 Å². The molecule has 0 aromatic heterocycles. The minimum Gasteiger partial charge on any atom is -0.0672 e. The largest absolute Gasteiger partial charge is 0.0672 e. The fraction of sp³-hybridized carbons (Fsp3) is 0.143. The van der Waals surface area contributed by atoms with Gasteiger partial charge in [-0.05, 0) is 22.3 Å². The Balaban J connectivity index is 2.02. The molecule has 2 aromatic carbocycles. The van der Waals surface area contributed by atoms with Crippen molar-refractivity contribution in [3.8, 4) is 0 Å². The summed E-state index contributed by atoms with van der Waals surface area (Å²) in [6.07, 6.45) is 9.13. The summed E-state index contributed by atoms with van der Waals surface area (Å²) < 4.78 is 0. The second kappa shape index (κ2) is 5.57. The Morgan fingerprint density at radius 1 is 0.571 bits per heavy atom. The third-order valence-corrected chi connectivity index (χ3v) is 3.71. The first-order valence-electron chi connectivity index (χ1n) is 7.39. The van der Waals surface area contributed by atoms with Gasteiger partial charge in [-0.15, -0.1) is 0 Å². The van der Waals surface area contributed by atoms with Gasteiger partial charge in [0.2, 0.25) is 0 Å². The van der Waals surface area contributed by atoms with Gasteiger partial charge in [-0.25, -0.2) is 0 Å². The summed E-state index contributed by atoms with van der Waals surface area (Å²) in [4.78, 5) is 0. The lowest BCUT2D eigenvalue weighted by molar-refractivity contribution is 0.630. The van der Waals surface area contributed by atoms with Crippen molar-refractivity contribution in [3.05, 3.63) is 96.1 Å². The highest BCUT2D eigenvalue weighted by molar-refractivity contribution is 5.84. The van der Waals surface area contributed by atoms with E-state index in [0.717, 1.165) is 0 Å². The maximum absolute atomic E-state index is 2.34. The van der Waals surface area contributed by atoms with Crippen LogP contribution in [0.4, 0.5) is 0 Å². The molecule has 0 heteroatoms. The van der Waals surface area contributed by atoms with E-state index in [9.17, 15) is 0 Å². The van der Waals surface area contributed by atoms with E-state index in [1.54, 1.807) is 0 Å². The van der Waals surface area contributed by atoms with Crippen LogP contribution in [-0.2, 0) is 0 Å². The molecule has 1 aliphatic carbocycles. The first kappa shape index (κ1) is 13.6. The minimum absolute atomic E-state index is 0.0276. The molecule has 0 bridgehead atoms. The Labute approximate surface area is 127 Å². The normalized spacial score (nSPS) is 16.9. The first-order chi connectivity index (χ1) is 10.1. The molecular weight excluding hydrogens is 252 g/mol. The molecule has 0 unspecified atom stereocenters. The zero-order valence-corrected chi connectivity index (χ0v) is 12.6. The molecular formula is C21H20. The Bertz CT molecular complexity index is 637. The lowest BCUT2D eigenvalue weighted by Crippen LogP contribution is -2.03. The number of hydrogen-bond donors (Lipinski definition) is 0. The SMILES string of the molecule is CC1(C)C=C(c2ccccc2)C=CC(c2ccccc2)=C1. The third-order valence-electron chi connectivity index (χ3n) is 3.71. The van der Waals surface area contributed by atoms with Gasteiger partial charge in [-0.1, -0.05) is 98.8 Å². The smallest absolute Gasteiger partial charge is 0.00228 e. The standard InChI is InChI=1S/C21H20/c1-21(2)15-19(17-9-5-3-6-10-17)13-14-20(16-21)18-11-7-4-8-12-18/h3-16H,1-2H3. The van der Waals surface area contributed by atoms with E-state index in [1.807, 2.05) is 0 Å². The van der Waals surface area contributed by atoms with Crippen LogP contribution in [0.25, 0.3) is 11.1 Å². The summed E-state index contributed by atoms with van der Waals surface area (Å²) in [5, 5.41) is 0. The minimum atomic E-state index is 0.0276. The molecule has 0 fully saturated rings. The van der Waals surface area contributed by atoms with Crippen molar-refractivity contribution in [2.75, 3.05) is 0 Å². The second-order valence-corrected chi connectivity index (χ2v) is 6.09. The highest BCUT2D eigenvalue weighted by Gasteiger charge is 2.16. The average molecular weight is 272 g/mol. The van der Waals surface area contributed by atoms with Crippen molar-refractivity contribution in [2.45, 2.75) is 13.8 Å². The first-order valence-corrected chi connectivity index (χ1v) is 7.39. The third kappa shape index (κ3) is 3.22. The Morgan fingerprint density at radius 3 is 1.33 bits per heavy atom. The van der Waals surface area contributed by atoms with Crippen molar-refractivity contribution in [3.63, 3.8) is 0 Å². The predicted molar refractivity (Wildman–Crippen MR) is 91.8 cm³/mol. The number of hydrogen-bond acceptors (Lipinski definition) is 0. The molecule has 0 saturated heterocycles. The zero-order chi connectivity index (χ0) is 14.7. The van der Waals surface area contributed by atoms with Crippen molar-refractivity contribution < 1.29 is 0 Å². The van der Waals surface area contributed by atoms with Gasteiger partial charge in [0.15, 0.2) is 0 Å². The van der Waals surface area contributed by atoms with E-state index in [0.29, 0.717) is 0 Å². The van der Waals surface area contributed by atoms with Gasteiger partial charge in [0.25, 0.3) is 0 Å². The lowest BCUT2D eigenvalue weighted by Gasteiger charge is -2.17.